The van der Waals surface area contributed by atoms with E-state index < -0.39 is 11.4 Å². The first kappa shape index (κ1) is 24.6. The monoisotopic (exact) mass is 460 g/mol. The Morgan fingerprint density at radius 1 is 0.818 bits per heavy atom. The lowest BCUT2D eigenvalue weighted by molar-refractivity contribution is -0.257. The van der Waals surface area contributed by atoms with Crippen molar-refractivity contribution in [3.8, 4) is 0 Å². The first-order chi connectivity index (χ1) is 15.4. The molecule has 3 heteroatoms. The topological polar surface area (TPSA) is 38.7 Å². The molecule has 33 heavy (non-hydrogen) atoms. The average molecular weight is 461 g/mol. The highest BCUT2D eigenvalue weighted by atomic mass is 16.8. The molecule has 190 valence electrons. The minimum absolute atomic E-state index is 0.0385. The zero-order valence-electron chi connectivity index (χ0n) is 22.7. The summed E-state index contributed by atoms with van der Waals surface area (Å²) in [6.45, 7) is 16.4. The zero-order valence-corrected chi connectivity index (χ0v) is 22.7. The molecule has 1 saturated heterocycles. The lowest BCUT2D eigenvalue weighted by Crippen LogP contribution is -2.68. The van der Waals surface area contributed by atoms with Crippen molar-refractivity contribution in [2.24, 2.45) is 46.3 Å². The molecule has 5 fully saturated rings. The highest BCUT2D eigenvalue weighted by molar-refractivity contribution is 5.18. The van der Waals surface area contributed by atoms with Crippen molar-refractivity contribution in [2.75, 3.05) is 0 Å². The van der Waals surface area contributed by atoms with E-state index in [1.165, 1.54) is 51.4 Å². The van der Waals surface area contributed by atoms with Crippen molar-refractivity contribution in [1.82, 2.24) is 0 Å². The van der Waals surface area contributed by atoms with Gasteiger partial charge in [-0.05, 0) is 106 Å². The average Bonchev–Trinajstić information content (AvgIpc) is 3.25. The quantitative estimate of drug-likeness (QED) is 0.466. The zero-order chi connectivity index (χ0) is 23.8. The first-order valence-electron chi connectivity index (χ1n) is 14.5. The Balaban J connectivity index is 1.34. The van der Waals surface area contributed by atoms with Gasteiger partial charge in [-0.1, -0.05) is 53.9 Å². The van der Waals surface area contributed by atoms with Crippen LogP contribution >= 0.6 is 0 Å². The van der Waals surface area contributed by atoms with Crippen LogP contribution in [-0.2, 0) is 9.47 Å². The van der Waals surface area contributed by atoms with Gasteiger partial charge in [0.25, 0.3) is 0 Å². The maximum Gasteiger partial charge on any atom is 0.163 e. The number of fused-ring (bicyclic) bond motifs is 7. The molecular formula is C30H52O3. The van der Waals surface area contributed by atoms with E-state index >= 15 is 0 Å². The molecule has 0 spiro atoms. The van der Waals surface area contributed by atoms with Crippen LogP contribution in [0.2, 0.25) is 0 Å². The molecule has 0 unspecified atom stereocenters. The van der Waals surface area contributed by atoms with Crippen molar-refractivity contribution in [3.63, 3.8) is 0 Å². The predicted molar refractivity (Wildman–Crippen MR) is 134 cm³/mol. The molecule has 4 saturated carbocycles. The van der Waals surface area contributed by atoms with Gasteiger partial charge >= 0.3 is 0 Å². The van der Waals surface area contributed by atoms with Gasteiger partial charge in [0.1, 0.15) is 6.10 Å². The van der Waals surface area contributed by atoms with Crippen LogP contribution in [0.25, 0.3) is 0 Å². The molecule has 5 aliphatic rings. The van der Waals surface area contributed by atoms with Gasteiger partial charge in [-0.25, -0.2) is 0 Å². The van der Waals surface area contributed by atoms with Crippen LogP contribution in [0.3, 0.4) is 0 Å². The second kappa shape index (κ2) is 8.20. The van der Waals surface area contributed by atoms with Crippen LogP contribution in [0.4, 0.5) is 0 Å². The molecule has 0 aromatic rings. The number of ether oxygens (including phenoxy) is 2. The van der Waals surface area contributed by atoms with Crippen LogP contribution in [-0.4, -0.2) is 28.7 Å². The molecule has 3 nitrogen and oxygen atoms in total. The van der Waals surface area contributed by atoms with E-state index in [0.717, 1.165) is 48.9 Å². The molecule has 0 radical (unpaired) electrons. The van der Waals surface area contributed by atoms with Crippen LogP contribution in [0, 0.1) is 46.3 Å². The van der Waals surface area contributed by atoms with Crippen LogP contribution < -0.4 is 0 Å². The summed E-state index contributed by atoms with van der Waals surface area (Å²) in [5.74, 6) is 4.29. The summed E-state index contributed by atoms with van der Waals surface area (Å²) in [5.41, 5.74) is -0.264. The minimum Gasteiger partial charge on any atom is -0.386 e. The summed E-state index contributed by atoms with van der Waals surface area (Å²) in [7, 11) is 0. The molecule has 1 heterocycles. The van der Waals surface area contributed by atoms with Crippen molar-refractivity contribution >= 4 is 0 Å². The van der Waals surface area contributed by atoms with Crippen LogP contribution in [0.1, 0.15) is 119 Å². The lowest BCUT2D eigenvalue weighted by atomic mass is 9.42. The second-order valence-corrected chi connectivity index (χ2v) is 14.4. The Bertz CT molecular complexity index is 732. The molecule has 0 aromatic heterocycles. The predicted octanol–water partition coefficient (Wildman–Crippen LogP) is 7.35. The third-order valence-corrected chi connectivity index (χ3v) is 11.9. The van der Waals surface area contributed by atoms with E-state index in [4.69, 9.17) is 9.47 Å². The third-order valence-electron chi connectivity index (χ3n) is 11.9. The smallest absolute Gasteiger partial charge is 0.163 e. The second-order valence-electron chi connectivity index (χ2n) is 14.4. The van der Waals surface area contributed by atoms with Gasteiger partial charge in [0.05, 0.1) is 11.7 Å². The van der Waals surface area contributed by atoms with Gasteiger partial charge in [0, 0.05) is 5.41 Å². The fourth-order valence-corrected chi connectivity index (χ4v) is 10.3. The Labute approximate surface area is 203 Å². The van der Waals surface area contributed by atoms with E-state index in [0.29, 0.717) is 11.3 Å². The van der Waals surface area contributed by atoms with Gasteiger partial charge in [-0.2, -0.15) is 0 Å². The molecule has 0 aromatic carbocycles. The number of aliphatic hydroxyl groups is 1. The minimum atomic E-state index is -0.735. The van der Waals surface area contributed by atoms with E-state index in [-0.39, 0.29) is 17.6 Å². The Morgan fingerprint density at radius 2 is 1.58 bits per heavy atom. The van der Waals surface area contributed by atoms with E-state index in [9.17, 15) is 5.11 Å². The van der Waals surface area contributed by atoms with Gasteiger partial charge in [0.2, 0.25) is 0 Å². The molecule has 5 rings (SSSR count). The SMILES string of the molecule is CC(C)CCC[C@@H](C)[C@@H]1CC[C@@H]2[C@@H]3CC[C@@]4(O)[C@@H]5OC(C)(C)O[C@@H]5CC[C@]4(C)[C@@H]3CC[C@@]21C. The van der Waals surface area contributed by atoms with Crippen LogP contribution in [0.15, 0.2) is 0 Å². The number of rotatable bonds is 5. The van der Waals surface area contributed by atoms with Gasteiger partial charge < -0.3 is 14.6 Å². The lowest BCUT2D eigenvalue weighted by Gasteiger charge is -2.65. The molecular weight excluding hydrogens is 408 g/mol. The van der Waals surface area contributed by atoms with Crippen molar-refractivity contribution in [1.29, 1.82) is 0 Å². The molecule has 10 atom stereocenters. The summed E-state index contributed by atoms with van der Waals surface area (Å²) in [4.78, 5) is 0. The maximum atomic E-state index is 12.3. The van der Waals surface area contributed by atoms with E-state index in [1.807, 2.05) is 13.8 Å². The first-order valence-corrected chi connectivity index (χ1v) is 14.5. The Morgan fingerprint density at radius 3 is 2.30 bits per heavy atom. The molecule has 0 bridgehead atoms. The highest BCUT2D eigenvalue weighted by Crippen LogP contribution is 2.70. The van der Waals surface area contributed by atoms with Crippen molar-refractivity contribution in [2.45, 2.75) is 143 Å². The fourth-order valence-electron chi connectivity index (χ4n) is 10.3. The summed E-state index contributed by atoms with van der Waals surface area (Å²) in [6.07, 6.45) is 13.8. The van der Waals surface area contributed by atoms with E-state index in [1.54, 1.807) is 0 Å². The summed E-state index contributed by atoms with van der Waals surface area (Å²) < 4.78 is 12.6. The fraction of sp³-hybridized carbons (Fsp3) is 1.00. The Kier molecular flexibility index (Phi) is 6.11. The normalized spacial score (nSPS) is 51.5. The largest absolute Gasteiger partial charge is 0.386 e. The van der Waals surface area contributed by atoms with Crippen LogP contribution in [0.5, 0.6) is 0 Å². The summed E-state index contributed by atoms with van der Waals surface area (Å²) >= 11 is 0. The van der Waals surface area contributed by atoms with Gasteiger partial charge in [0.15, 0.2) is 5.79 Å². The number of hydrogen-bond acceptors (Lipinski definition) is 3. The van der Waals surface area contributed by atoms with Crippen molar-refractivity contribution < 1.29 is 14.6 Å². The molecule has 4 aliphatic carbocycles. The molecule has 1 N–H and O–H groups in total. The maximum absolute atomic E-state index is 12.3. The third kappa shape index (κ3) is 3.69. The standard InChI is InChI=1S/C30H52O3/c1-19(2)9-8-10-20(3)22-11-12-23-21-13-18-30(31)26-25(32-27(4,5)33-26)15-17-29(30,7)24(21)14-16-28(22,23)6/h19-26,31H,8-18H2,1-7H3/t20-,21+,22+,23-,24-,25-,26-,28-,29-,30-/m1/s1. The van der Waals surface area contributed by atoms with Gasteiger partial charge in [-0.15, -0.1) is 0 Å². The van der Waals surface area contributed by atoms with Crippen molar-refractivity contribution in [3.05, 3.63) is 0 Å². The Hall–Kier alpha value is -0.120. The highest BCUT2D eigenvalue weighted by Gasteiger charge is 2.69. The number of hydrogen-bond donors (Lipinski definition) is 1. The summed E-state index contributed by atoms with van der Waals surface area (Å²) in [5, 5.41) is 12.3. The molecule has 0 amide bonds. The molecule has 1 aliphatic heterocycles. The summed E-state index contributed by atoms with van der Waals surface area (Å²) in [6, 6.07) is 0. The van der Waals surface area contributed by atoms with Gasteiger partial charge in [-0.3, -0.25) is 0 Å². The van der Waals surface area contributed by atoms with E-state index in [2.05, 4.69) is 34.6 Å².